The summed E-state index contributed by atoms with van der Waals surface area (Å²) in [6.45, 7) is 1.98. The van der Waals surface area contributed by atoms with Crippen molar-refractivity contribution in [2.75, 3.05) is 19.6 Å². The van der Waals surface area contributed by atoms with Gasteiger partial charge in [-0.1, -0.05) is 0 Å². The fraction of sp³-hybridized carbons (Fsp3) is 0.500. The molecule has 7 heteroatoms. The van der Waals surface area contributed by atoms with Gasteiger partial charge in [0.15, 0.2) is 0 Å². The van der Waals surface area contributed by atoms with Crippen LogP contribution in [0.25, 0.3) is 0 Å². The number of halogens is 1. The van der Waals surface area contributed by atoms with Gasteiger partial charge in [-0.25, -0.2) is 4.79 Å². The molecular weight excluding hydrogens is 330 g/mol. The quantitative estimate of drug-likeness (QED) is 0.879. The van der Waals surface area contributed by atoms with Crippen LogP contribution in [0.1, 0.15) is 23.2 Å². The highest BCUT2D eigenvalue weighted by Gasteiger charge is 2.25. The second-order valence-corrected chi connectivity index (χ2v) is 6.93. The van der Waals surface area contributed by atoms with Crippen LogP contribution in [0, 0.1) is 5.92 Å². The van der Waals surface area contributed by atoms with Crippen LogP contribution in [0.2, 0.25) is 0 Å². The van der Waals surface area contributed by atoms with Crippen molar-refractivity contribution < 1.29 is 9.59 Å². The first kappa shape index (κ1) is 14.3. The SMILES string of the molecule is NC(=O)NCC1CCCN(C(=O)c2csc(Br)c2)C1. The van der Waals surface area contributed by atoms with E-state index < -0.39 is 6.03 Å². The van der Waals surface area contributed by atoms with Gasteiger partial charge in [-0.3, -0.25) is 4.79 Å². The first-order chi connectivity index (χ1) is 9.06. The first-order valence-corrected chi connectivity index (χ1v) is 7.80. The zero-order chi connectivity index (χ0) is 13.8. The number of carbonyl (C=O) groups is 2. The number of amides is 3. The van der Waals surface area contributed by atoms with Gasteiger partial charge in [0.1, 0.15) is 0 Å². The van der Waals surface area contributed by atoms with E-state index in [9.17, 15) is 9.59 Å². The zero-order valence-electron chi connectivity index (χ0n) is 10.4. The smallest absolute Gasteiger partial charge is 0.312 e. The van der Waals surface area contributed by atoms with E-state index >= 15 is 0 Å². The molecule has 0 saturated carbocycles. The number of nitrogens with zero attached hydrogens (tertiary/aromatic N) is 1. The Morgan fingerprint density at radius 1 is 1.58 bits per heavy atom. The summed E-state index contributed by atoms with van der Waals surface area (Å²) in [7, 11) is 0. The molecule has 2 heterocycles. The van der Waals surface area contributed by atoms with Gasteiger partial charge in [-0.15, -0.1) is 11.3 Å². The summed E-state index contributed by atoms with van der Waals surface area (Å²) in [6.07, 6.45) is 1.97. The molecule has 104 valence electrons. The van der Waals surface area contributed by atoms with Crippen molar-refractivity contribution in [3.05, 3.63) is 20.8 Å². The Balaban J connectivity index is 1.93. The lowest BCUT2D eigenvalue weighted by molar-refractivity contribution is 0.0675. The highest BCUT2D eigenvalue weighted by atomic mass is 79.9. The van der Waals surface area contributed by atoms with Crippen molar-refractivity contribution in [2.24, 2.45) is 11.7 Å². The Hall–Kier alpha value is -1.08. The van der Waals surface area contributed by atoms with Gasteiger partial charge in [0.2, 0.25) is 0 Å². The number of urea groups is 1. The second kappa shape index (κ2) is 6.38. The molecule has 1 aliphatic rings. The molecule has 1 fully saturated rings. The van der Waals surface area contributed by atoms with Crippen LogP contribution < -0.4 is 11.1 Å². The van der Waals surface area contributed by atoms with Crippen LogP contribution in [0.3, 0.4) is 0 Å². The van der Waals surface area contributed by atoms with Gasteiger partial charge in [0, 0.05) is 25.0 Å². The number of thiophene rings is 1. The zero-order valence-corrected chi connectivity index (χ0v) is 12.8. The molecule has 0 spiro atoms. The standard InChI is InChI=1S/C12H16BrN3O2S/c13-10-4-9(7-19-10)11(17)16-3-1-2-8(6-16)5-15-12(14)18/h4,7-8H,1-3,5-6H2,(H3,14,15,18). The van der Waals surface area contributed by atoms with Gasteiger partial charge in [-0.2, -0.15) is 0 Å². The van der Waals surface area contributed by atoms with Crippen molar-refractivity contribution in [1.82, 2.24) is 10.2 Å². The number of carbonyl (C=O) groups excluding carboxylic acids is 2. The second-order valence-electron chi connectivity index (χ2n) is 4.64. The number of hydrogen-bond donors (Lipinski definition) is 2. The molecular formula is C12H16BrN3O2S. The van der Waals surface area contributed by atoms with E-state index in [1.165, 1.54) is 11.3 Å². The highest BCUT2D eigenvalue weighted by molar-refractivity contribution is 9.11. The maximum absolute atomic E-state index is 12.3. The fourth-order valence-corrected chi connectivity index (χ4v) is 3.40. The van der Waals surface area contributed by atoms with Crippen molar-refractivity contribution >= 4 is 39.2 Å². The van der Waals surface area contributed by atoms with Gasteiger partial charge >= 0.3 is 6.03 Å². The molecule has 0 bridgehead atoms. The third kappa shape index (κ3) is 3.94. The summed E-state index contributed by atoms with van der Waals surface area (Å²) in [5.74, 6) is 0.345. The molecule has 0 radical (unpaired) electrons. The largest absolute Gasteiger partial charge is 0.352 e. The molecule has 1 aromatic heterocycles. The number of nitrogens with two attached hydrogens (primary N) is 1. The average molecular weight is 346 g/mol. The molecule has 0 aliphatic carbocycles. The van der Waals surface area contributed by atoms with E-state index in [2.05, 4.69) is 21.2 Å². The van der Waals surface area contributed by atoms with Crippen molar-refractivity contribution in [1.29, 1.82) is 0 Å². The minimum absolute atomic E-state index is 0.0609. The molecule has 1 saturated heterocycles. The lowest BCUT2D eigenvalue weighted by atomic mass is 9.97. The number of piperidine rings is 1. The molecule has 5 nitrogen and oxygen atoms in total. The normalized spacial score (nSPS) is 19.2. The Morgan fingerprint density at radius 2 is 2.37 bits per heavy atom. The molecule has 1 aliphatic heterocycles. The van der Waals surface area contributed by atoms with E-state index in [4.69, 9.17) is 5.73 Å². The maximum atomic E-state index is 12.3. The molecule has 0 aromatic carbocycles. The monoisotopic (exact) mass is 345 g/mol. The Kier molecular flexibility index (Phi) is 4.81. The number of likely N-dealkylation sites (tertiary alicyclic amines) is 1. The molecule has 2 rings (SSSR count). The number of primary amides is 1. The van der Waals surface area contributed by atoms with Gasteiger partial charge in [0.25, 0.3) is 5.91 Å². The Bertz CT molecular complexity index is 477. The Morgan fingerprint density at radius 3 is 3.00 bits per heavy atom. The van der Waals surface area contributed by atoms with Gasteiger partial charge < -0.3 is 16.0 Å². The van der Waals surface area contributed by atoms with Crippen LogP contribution in [0.4, 0.5) is 4.79 Å². The average Bonchev–Trinajstić information content (AvgIpc) is 2.82. The molecule has 19 heavy (non-hydrogen) atoms. The van der Waals surface area contributed by atoms with Crippen LogP contribution >= 0.6 is 27.3 Å². The van der Waals surface area contributed by atoms with Crippen molar-refractivity contribution in [3.8, 4) is 0 Å². The minimum atomic E-state index is -0.509. The molecule has 1 atom stereocenters. The summed E-state index contributed by atoms with van der Waals surface area (Å²) in [5.41, 5.74) is 5.79. The molecule has 3 amide bonds. The summed E-state index contributed by atoms with van der Waals surface area (Å²) in [4.78, 5) is 24.9. The van der Waals surface area contributed by atoms with Crippen LogP contribution in [-0.2, 0) is 0 Å². The van der Waals surface area contributed by atoms with Crippen LogP contribution in [0.15, 0.2) is 15.2 Å². The van der Waals surface area contributed by atoms with Gasteiger partial charge in [0.05, 0.1) is 9.35 Å². The van der Waals surface area contributed by atoms with Crippen LogP contribution in [-0.4, -0.2) is 36.5 Å². The summed E-state index contributed by atoms with van der Waals surface area (Å²) in [6, 6.07) is 1.34. The van der Waals surface area contributed by atoms with E-state index in [0.717, 1.165) is 28.7 Å². The number of nitrogens with one attached hydrogen (secondary N) is 1. The first-order valence-electron chi connectivity index (χ1n) is 6.13. The summed E-state index contributed by atoms with van der Waals surface area (Å²) < 4.78 is 0.958. The van der Waals surface area contributed by atoms with E-state index in [1.54, 1.807) is 0 Å². The predicted octanol–water partition coefficient (Wildman–Crippen LogP) is 2.03. The summed E-state index contributed by atoms with van der Waals surface area (Å²) in [5, 5.41) is 4.47. The third-order valence-corrected chi connectivity index (χ3v) is 4.69. The fourth-order valence-electron chi connectivity index (χ4n) is 2.27. The van der Waals surface area contributed by atoms with Gasteiger partial charge in [-0.05, 0) is 40.8 Å². The van der Waals surface area contributed by atoms with Crippen LogP contribution in [0.5, 0.6) is 0 Å². The lowest BCUT2D eigenvalue weighted by Gasteiger charge is -2.32. The minimum Gasteiger partial charge on any atom is -0.352 e. The van der Waals surface area contributed by atoms with Crippen molar-refractivity contribution in [3.63, 3.8) is 0 Å². The maximum Gasteiger partial charge on any atom is 0.312 e. The third-order valence-electron chi connectivity index (χ3n) is 3.19. The van der Waals surface area contributed by atoms with E-state index in [0.29, 0.717) is 13.1 Å². The van der Waals surface area contributed by atoms with E-state index in [1.807, 2.05) is 16.3 Å². The summed E-state index contributed by atoms with van der Waals surface area (Å²) >= 11 is 4.87. The topological polar surface area (TPSA) is 75.4 Å². The predicted molar refractivity (Wildman–Crippen MR) is 78.2 cm³/mol. The molecule has 1 unspecified atom stereocenters. The number of rotatable bonds is 3. The Labute approximate surface area is 124 Å². The number of hydrogen-bond acceptors (Lipinski definition) is 3. The highest BCUT2D eigenvalue weighted by Crippen LogP contribution is 2.24. The molecule has 3 N–H and O–H groups in total. The van der Waals surface area contributed by atoms with Crippen molar-refractivity contribution in [2.45, 2.75) is 12.8 Å². The molecule has 1 aromatic rings. The van der Waals surface area contributed by atoms with E-state index in [-0.39, 0.29) is 11.8 Å². The lowest BCUT2D eigenvalue weighted by Crippen LogP contribution is -2.44.